The molecule has 1 aromatic carbocycles. The van der Waals surface area contributed by atoms with Gasteiger partial charge in [-0.1, -0.05) is 0 Å². The van der Waals surface area contributed by atoms with E-state index in [9.17, 15) is 4.39 Å². The lowest BCUT2D eigenvalue weighted by atomic mass is 10.3. The number of hydrogen-bond donors (Lipinski definition) is 0. The van der Waals surface area contributed by atoms with Gasteiger partial charge in [0.05, 0.1) is 17.7 Å². The second-order valence-corrected chi connectivity index (χ2v) is 3.96. The molecule has 0 aromatic heterocycles. The van der Waals surface area contributed by atoms with Crippen molar-refractivity contribution in [2.75, 3.05) is 25.7 Å². The molecule has 2 nitrogen and oxygen atoms in total. The number of alkyl halides is 1. The summed E-state index contributed by atoms with van der Waals surface area (Å²) >= 11 is 8.63. The SMILES string of the molecule is Fc1ccc(OCCOCCCl)c(Br)c1. The summed E-state index contributed by atoms with van der Waals surface area (Å²) in [6.07, 6.45) is 0. The van der Waals surface area contributed by atoms with Gasteiger partial charge in [0.15, 0.2) is 0 Å². The maximum atomic E-state index is 12.7. The van der Waals surface area contributed by atoms with Crippen molar-refractivity contribution in [1.29, 1.82) is 0 Å². The fraction of sp³-hybridized carbons (Fsp3) is 0.400. The second-order valence-electron chi connectivity index (χ2n) is 2.72. The van der Waals surface area contributed by atoms with Gasteiger partial charge in [-0.15, -0.1) is 11.6 Å². The number of rotatable bonds is 6. The summed E-state index contributed by atoms with van der Waals surface area (Å²) in [6, 6.07) is 4.27. The Kier molecular flexibility index (Phi) is 5.98. The monoisotopic (exact) mass is 296 g/mol. The molecule has 0 aliphatic heterocycles. The van der Waals surface area contributed by atoms with Crippen molar-refractivity contribution in [2.24, 2.45) is 0 Å². The van der Waals surface area contributed by atoms with Crippen molar-refractivity contribution in [2.45, 2.75) is 0 Å². The predicted molar refractivity (Wildman–Crippen MR) is 61.1 cm³/mol. The first kappa shape index (κ1) is 12.7. The predicted octanol–water partition coefficient (Wildman–Crippen LogP) is 3.22. The maximum Gasteiger partial charge on any atom is 0.133 e. The molecule has 84 valence electrons. The van der Waals surface area contributed by atoms with Crippen LogP contribution in [0.2, 0.25) is 0 Å². The summed E-state index contributed by atoms with van der Waals surface area (Å²) in [5, 5.41) is 0. The van der Waals surface area contributed by atoms with Crippen LogP contribution in [0, 0.1) is 5.82 Å². The van der Waals surface area contributed by atoms with Gasteiger partial charge in [0.2, 0.25) is 0 Å². The van der Waals surface area contributed by atoms with E-state index in [-0.39, 0.29) is 5.82 Å². The number of halogens is 3. The molecule has 15 heavy (non-hydrogen) atoms. The first-order valence-electron chi connectivity index (χ1n) is 4.45. The normalized spacial score (nSPS) is 10.3. The van der Waals surface area contributed by atoms with Crippen molar-refractivity contribution in [1.82, 2.24) is 0 Å². The second kappa shape index (κ2) is 7.04. The standard InChI is InChI=1S/C10H11BrClFO2/c11-9-7-8(13)1-2-10(9)15-6-5-14-4-3-12/h1-2,7H,3-6H2. The first-order valence-corrected chi connectivity index (χ1v) is 5.78. The molecule has 1 rings (SSSR count). The molecule has 0 N–H and O–H groups in total. The van der Waals surface area contributed by atoms with Crippen molar-refractivity contribution in [3.05, 3.63) is 28.5 Å². The quantitative estimate of drug-likeness (QED) is 0.593. The topological polar surface area (TPSA) is 18.5 Å². The van der Waals surface area contributed by atoms with E-state index in [1.54, 1.807) is 6.07 Å². The van der Waals surface area contributed by atoms with Crippen molar-refractivity contribution < 1.29 is 13.9 Å². The number of hydrogen-bond acceptors (Lipinski definition) is 2. The molecule has 0 saturated heterocycles. The highest BCUT2D eigenvalue weighted by molar-refractivity contribution is 9.10. The molecule has 0 spiro atoms. The van der Waals surface area contributed by atoms with E-state index in [2.05, 4.69) is 15.9 Å². The molecule has 0 radical (unpaired) electrons. The van der Waals surface area contributed by atoms with Gasteiger partial charge in [0, 0.05) is 5.88 Å². The Morgan fingerprint density at radius 3 is 2.73 bits per heavy atom. The van der Waals surface area contributed by atoms with Gasteiger partial charge in [0.25, 0.3) is 0 Å². The molecular formula is C10H11BrClFO2. The molecule has 0 heterocycles. The summed E-state index contributed by atoms with van der Waals surface area (Å²) in [7, 11) is 0. The summed E-state index contributed by atoms with van der Waals surface area (Å²) in [5.41, 5.74) is 0. The molecule has 0 fully saturated rings. The molecule has 0 bridgehead atoms. The van der Waals surface area contributed by atoms with Crippen LogP contribution in [0.5, 0.6) is 5.75 Å². The Bertz CT molecular complexity index is 309. The van der Waals surface area contributed by atoms with Gasteiger partial charge in [-0.2, -0.15) is 0 Å². The van der Waals surface area contributed by atoms with Crippen LogP contribution in [0.15, 0.2) is 22.7 Å². The third kappa shape index (κ3) is 4.82. The Labute approximate surface area is 101 Å². The summed E-state index contributed by atoms with van der Waals surface area (Å²) < 4.78 is 23.8. The molecule has 0 aliphatic carbocycles. The van der Waals surface area contributed by atoms with Gasteiger partial charge in [-0.25, -0.2) is 4.39 Å². The number of ether oxygens (including phenoxy) is 2. The maximum absolute atomic E-state index is 12.7. The van der Waals surface area contributed by atoms with Crippen LogP contribution in [-0.4, -0.2) is 25.7 Å². The lowest BCUT2D eigenvalue weighted by Gasteiger charge is -2.08. The fourth-order valence-electron chi connectivity index (χ4n) is 0.959. The Balaban J connectivity index is 2.31. The van der Waals surface area contributed by atoms with Gasteiger partial charge in [-0.3, -0.25) is 0 Å². The smallest absolute Gasteiger partial charge is 0.133 e. The molecule has 5 heteroatoms. The molecule has 0 amide bonds. The zero-order valence-corrected chi connectivity index (χ0v) is 10.4. The molecule has 1 aromatic rings. The van der Waals surface area contributed by atoms with Crippen LogP contribution in [0.25, 0.3) is 0 Å². The van der Waals surface area contributed by atoms with Gasteiger partial charge in [-0.05, 0) is 34.1 Å². The van der Waals surface area contributed by atoms with E-state index in [0.717, 1.165) is 0 Å². The Hall–Kier alpha value is -0.320. The highest BCUT2D eigenvalue weighted by Crippen LogP contribution is 2.25. The lowest BCUT2D eigenvalue weighted by molar-refractivity contribution is 0.111. The van der Waals surface area contributed by atoms with Crippen LogP contribution in [0.3, 0.4) is 0 Å². The van der Waals surface area contributed by atoms with E-state index in [1.165, 1.54) is 12.1 Å². The van der Waals surface area contributed by atoms with E-state index in [0.29, 0.717) is 35.9 Å². The molecule has 0 aliphatic rings. The van der Waals surface area contributed by atoms with Crippen LogP contribution >= 0.6 is 27.5 Å². The third-order valence-electron chi connectivity index (χ3n) is 1.60. The fourth-order valence-corrected chi connectivity index (χ4v) is 1.53. The Morgan fingerprint density at radius 2 is 2.07 bits per heavy atom. The van der Waals surface area contributed by atoms with Crippen molar-refractivity contribution in [3.8, 4) is 5.75 Å². The molecule has 0 atom stereocenters. The van der Waals surface area contributed by atoms with Gasteiger partial charge >= 0.3 is 0 Å². The third-order valence-corrected chi connectivity index (χ3v) is 2.37. The lowest BCUT2D eigenvalue weighted by Crippen LogP contribution is -2.08. The van der Waals surface area contributed by atoms with Crippen molar-refractivity contribution >= 4 is 27.5 Å². The average Bonchev–Trinajstić information content (AvgIpc) is 2.20. The van der Waals surface area contributed by atoms with E-state index in [1.807, 2.05) is 0 Å². The van der Waals surface area contributed by atoms with Crippen molar-refractivity contribution in [3.63, 3.8) is 0 Å². The zero-order chi connectivity index (χ0) is 11.1. The van der Waals surface area contributed by atoms with E-state index < -0.39 is 0 Å². The summed E-state index contributed by atoms with van der Waals surface area (Å²) in [4.78, 5) is 0. The minimum absolute atomic E-state index is 0.299. The summed E-state index contributed by atoms with van der Waals surface area (Å²) in [6.45, 7) is 1.40. The van der Waals surface area contributed by atoms with Gasteiger partial charge in [0.1, 0.15) is 18.2 Å². The van der Waals surface area contributed by atoms with Crippen LogP contribution < -0.4 is 4.74 Å². The van der Waals surface area contributed by atoms with Gasteiger partial charge < -0.3 is 9.47 Å². The van der Waals surface area contributed by atoms with Crippen LogP contribution in [0.4, 0.5) is 4.39 Å². The minimum atomic E-state index is -0.299. The molecule has 0 unspecified atom stereocenters. The van der Waals surface area contributed by atoms with E-state index >= 15 is 0 Å². The molecular weight excluding hydrogens is 286 g/mol. The largest absolute Gasteiger partial charge is 0.490 e. The summed E-state index contributed by atoms with van der Waals surface area (Å²) in [5.74, 6) is 0.777. The zero-order valence-electron chi connectivity index (χ0n) is 8.01. The Morgan fingerprint density at radius 1 is 1.27 bits per heavy atom. The van der Waals surface area contributed by atoms with E-state index in [4.69, 9.17) is 21.1 Å². The highest BCUT2D eigenvalue weighted by atomic mass is 79.9. The minimum Gasteiger partial charge on any atom is -0.490 e. The van der Waals surface area contributed by atoms with Crippen LogP contribution in [-0.2, 0) is 4.74 Å². The highest BCUT2D eigenvalue weighted by Gasteiger charge is 2.01. The average molecular weight is 298 g/mol. The number of benzene rings is 1. The first-order chi connectivity index (χ1) is 7.24. The van der Waals surface area contributed by atoms with Crippen LogP contribution in [0.1, 0.15) is 0 Å². The molecule has 0 saturated carbocycles.